The molecular weight excluding hydrogens is 254 g/mol. The summed E-state index contributed by atoms with van der Waals surface area (Å²) in [7, 11) is 0. The van der Waals surface area contributed by atoms with Gasteiger partial charge in [0, 0.05) is 12.6 Å². The molecule has 0 bridgehead atoms. The zero-order valence-electron chi connectivity index (χ0n) is 9.42. The van der Waals surface area contributed by atoms with Crippen LogP contribution in [0.1, 0.15) is 39.0 Å². The van der Waals surface area contributed by atoms with Crippen molar-refractivity contribution >= 4 is 21.8 Å². The van der Waals surface area contributed by atoms with E-state index in [1.807, 2.05) is 0 Å². The first-order valence-corrected chi connectivity index (χ1v) is 7.21. The largest absolute Gasteiger partial charge is 0.339 e. The molecular formula is C12H20BrNO. The summed E-state index contributed by atoms with van der Waals surface area (Å²) in [4.78, 5) is 13.9. The molecule has 0 aromatic rings. The second-order valence-electron chi connectivity index (χ2n) is 5.00. The molecule has 1 amide bonds. The monoisotopic (exact) mass is 273 g/mol. The van der Waals surface area contributed by atoms with Crippen LogP contribution in [0.25, 0.3) is 0 Å². The third kappa shape index (κ3) is 2.22. The van der Waals surface area contributed by atoms with E-state index in [1.54, 1.807) is 0 Å². The summed E-state index contributed by atoms with van der Waals surface area (Å²) in [5.41, 5.74) is 0. The van der Waals surface area contributed by atoms with Crippen molar-refractivity contribution in [2.45, 2.75) is 45.1 Å². The minimum atomic E-state index is 0.291. The summed E-state index contributed by atoms with van der Waals surface area (Å²) in [5.74, 6) is 1.88. The summed E-state index contributed by atoms with van der Waals surface area (Å²) >= 11 is 3.29. The molecule has 0 N–H and O–H groups in total. The van der Waals surface area contributed by atoms with Crippen molar-refractivity contribution in [3.63, 3.8) is 0 Å². The maximum Gasteiger partial charge on any atom is 0.233 e. The number of carbonyl (C=O) groups excluding carboxylic acids is 1. The number of nitrogens with zero attached hydrogens (tertiary/aromatic N) is 1. The SMILES string of the molecule is CC1CCN(C(=O)CBr)C2CCCCC12. The van der Waals surface area contributed by atoms with Gasteiger partial charge in [0.1, 0.15) is 0 Å². The fourth-order valence-corrected chi connectivity index (χ4v) is 3.62. The van der Waals surface area contributed by atoms with Gasteiger partial charge in [0.15, 0.2) is 0 Å². The Morgan fingerprint density at radius 3 is 2.80 bits per heavy atom. The molecule has 2 rings (SSSR count). The van der Waals surface area contributed by atoms with Gasteiger partial charge in [0.25, 0.3) is 0 Å². The standard InChI is InChI=1S/C12H20BrNO/c1-9-6-7-14(12(15)8-13)11-5-3-2-4-10(9)11/h9-11H,2-8H2,1H3. The van der Waals surface area contributed by atoms with Crippen LogP contribution in [-0.2, 0) is 4.79 Å². The zero-order chi connectivity index (χ0) is 10.8. The van der Waals surface area contributed by atoms with Gasteiger partial charge in [-0.3, -0.25) is 4.79 Å². The van der Waals surface area contributed by atoms with E-state index in [2.05, 4.69) is 27.8 Å². The summed E-state index contributed by atoms with van der Waals surface area (Å²) in [6.45, 7) is 3.34. The van der Waals surface area contributed by atoms with E-state index in [0.29, 0.717) is 17.3 Å². The lowest BCUT2D eigenvalue weighted by Gasteiger charge is -2.47. The molecule has 15 heavy (non-hydrogen) atoms. The lowest BCUT2D eigenvalue weighted by Crippen LogP contribution is -2.52. The molecule has 2 aliphatic rings. The van der Waals surface area contributed by atoms with E-state index in [1.165, 1.54) is 32.1 Å². The molecule has 1 aliphatic carbocycles. The fourth-order valence-electron chi connectivity index (χ4n) is 3.30. The van der Waals surface area contributed by atoms with Gasteiger partial charge < -0.3 is 4.90 Å². The van der Waals surface area contributed by atoms with E-state index in [0.717, 1.165) is 18.4 Å². The Morgan fingerprint density at radius 2 is 2.07 bits per heavy atom. The molecule has 0 radical (unpaired) electrons. The van der Waals surface area contributed by atoms with Crippen LogP contribution in [0.4, 0.5) is 0 Å². The number of hydrogen-bond acceptors (Lipinski definition) is 1. The van der Waals surface area contributed by atoms with Crippen LogP contribution in [0.2, 0.25) is 0 Å². The molecule has 2 nitrogen and oxygen atoms in total. The van der Waals surface area contributed by atoms with Crippen LogP contribution in [0, 0.1) is 11.8 Å². The summed E-state index contributed by atoms with van der Waals surface area (Å²) in [6.07, 6.45) is 6.42. The minimum absolute atomic E-state index is 0.291. The average molecular weight is 274 g/mol. The van der Waals surface area contributed by atoms with E-state index in [9.17, 15) is 4.79 Å². The third-order valence-corrected chi connectivity index (χ3v) is 4.65. The Morgan fingerprint density at radius 1 is 1.33 bits per heavy atom. The van der Waals surface area contributed by atoms with E-state index >= 15 is 0 Å². The molecule has 3 atom stereocenters. The highest BCUT2D eigenvalue weighted by molar-refractivity contribution is 9.09. The molecule has 1 saturated heterocycles. The third-order valence-electron chi connectivity index (χ3n) is 4.17. The molecule has 2 fully saturated rings. The van der Waals surface area contributed by atoms with Crippen LogP contribution in [0.3, 0.4) is 0 Å². The summed E-state index contributed by atoms with van der Waals surface area (Å²) in [5, 5.41) is 0.491. The van der Waals surface area contributed by atoms with Crippen molar-refractivity contribution in [1.82, 2.24) is 4.90 Å². The number of likely N-dealkylation sites (tertiary alicyclic amines) is 1. The number of amides is 1. The summed E-state index contributed by atoms with van der Waals surface area (Å²) < 4.78 is 0. The van der Waals surface area contributed by atoms with Gasteiger partial charge in [-0.2, -0.15) is 0 Å². The maximum absolute atomic E-state index is 11.8. The van der Waals surface area contributed by atoms with E-state index in [4.69, 9.17) is 0 Å². The molecule has 3 heteroatoms. The smallest absolute Gasteiger partial charge is 0.233 e. The van der Waals surface area contributed by atoms with Crippen molar-refractivity contribution in [3.8, 4) is 0 Å². The molecule has 1 heterocycles. The first-order valence-electron chi connectivity index (χ1n) is 6.09. The average Bonchev–Trinajstić information content (AvgIpc) is 2.29. The zero-order valence-corrected chi connectivity index (χ0v) is 11.0. The second kappa shape index (κ2) is 4.86. The molecule has 0 spiro atoms. The van der Waals surface area contributed by atoms with Crippen molar-refractivity contribution in [1.29, 1.82) is 0 Å². The Bertz CT molecular complexity index is 244. The topological polar surface area (TPSA) is 20.3 Å². The van der Waals surface area contributed by atoms with Gasteiger partial charge in [-0.1, -0.05) is 35.7 Å². The van der Waals surface area contributed by atoms with Gasteiger partial charge in [-0.25, -0.2) is 0 Å². The van der Waals surface area contributed by atoms with Crippen molar-refractivity contribution < 1.29 is 4.79 Å². The van der Waals surface area contributed by atoms with Gasteiger partial charge in [0.2, 0.25) is 5.91 Å². The van der Waals surface area contributed by atoms with Crippen molar-refractivity contribution in [3.05, 3.63) is 0 Å². The predicted octanol–water partition coefficient (Wildman–Crippen LogP) is 2.81. The first-order chi connectivity index (χ1) is 7.24. The number of fused-ring (bicyclic) bond motifs is 1. The van der Waals surface area contributed by atoms with Crippen LogP contribution >= 0.6 is 15.9 Å². The summed E-state index contributed by atoms with van der Waals surface area (Å²) in [6, 6.07) is 0.549. The number of halogens is 1. The predicted molar refractivity (Wildman–Crippen MR) is 65.0 cm³/mol. The normalized spacial score (nSPS) is 36.1. The Balaban J connectivity index is 2.10. The van der Waals surface area contributed by atoms with Crippen LogP contribution < -0.4 is 0 Å². The highest BCUT2D eigenvalue weighted by Crippen LogP contribution is 2.38. The van der Waals surface area contributed by atoms with Crippen molar-refractivity contribution in [2.24, 2.45) is 11.8 Å². The fraction of sp³-hybridized carbons (Fsp3) is 0.917. The van der Waals surface area contributed by atoms with Crippen molar-refractivity contribution in [2.75, 3.05) is 11.9 Å². The molecule has 0 aromatic carbocycles. The molecule has 1 aliphatic heterocycles. The van der Waals surface area contributed by atoms with Crippen LogP contribution in [0.15, 0.2) is 0 Å². The quantitative estimate of drug-likeness (QED) is 0.673. The number of hydrogen-bond donors (Lipinski definition) is 0. The van der Waals surface area contributed by atoms with E-state index in [-0.39, 0.29) is 0 Å². The van der Waals surface area contributed by atoms with Gasteiger partial charge in [-0.15, -0.1) is 0 Å². The minimum Gasteiger partial charge on any atom is -0.339 e. The van der Waals surface area contributed by atoms with Gasteiger partial charge in [-0.05, 0) is 31.1 Å². The highest BCUT2D eigenvalue weighted by Gasteiger charge is 2.38. The first kappa shape index (κ1) is 11.4. The molecule has 86 valence electrons. The Labute approximate surface area is 101 Å². The molecule has 3 unspecified atom stereocenters. The lowest BCUT2D eigenvalue weighted by molar-refractivity contribution is -0.135. The Hall–Kier alpha value is -0.0500. The molecule has 1 saturated carbocycles. The van der Waals surface area contributed by atoms with E-state index < -0.39 is 0 Å². The van der Waals surface area contributed by atoms with Crippen LogP contribution in [0.5, 0.6) is 0 Å². The van der Waals surface area contributed by atoms with Crippen LogP contribution in [-0.4, -0.2) is 28.7 Å². The Kier molecular flexibility index (Phi) is 3.70. The maximum atomic E-state index is 11.8. The lowest BCUT2D eigenvalue weighted by atomic mass is 9.72. The number of alkyl halides is 1. The van der Waals surface area contributed by atoms with Gasteiger partial charge >= 0.3 is 0 Å². The second-order valence-corrected chi connectivity index (χ2v) is 5.56. The van der Waals surface area contributed by atoms with Gasteiger partial charge in [0.05, 0.1) is 5.33 Å². The number of carbonyl (C=O) groups is 1. The highest BCUT2D eigenvalue weighted by atomic mass is 79.9. The molecule has 0 aromatic heterocycles. The number of rotatable bonds is 1. The number of piperidine rings is 1.